The Morgan fingerprint density at radius 1 is 1.21 bits per heavy atom. The SMILES string of the molecule is CN1N=C(C(=O)NC2CCN(S(=O)(=O)C(C)(C)C)CC2)CCC1=O. The van der Waals surface area contributed by atoms with Crippen molar-refractivity contribution in [2.24, 2.45) is 5.10 Å². The molecule has 2 aliphatic rings. The molecule has 0 bridgehead atoms. The molecule has 2 rings (SSSR count). The van der Waals surface area contributed by atoms with Gasteiger partial charge in [0.1, 0.15) is 5.71 Å². The van der Waals surface area contributed by atoms with Gasteiger partial charge >= 0.3 is 0 Å². The highest BCUT2D eigenvalue weighted by molar-refractivity contribution is 7.90. The predicted molar refractivity (Wildman–Crippen MR) is 90.8 cm³/mol. The summed E-state index contributed by atoms with van der Waals surface area (Å²) in [6.07, 6.45) is 1.77. The maximum Gasteiger partial charge on any atom is 0.267 e. The van der Waals surface area contributed by atoms with Crippen molar-refractivity contribution in [3.05, 3.63) is 0 Å². The summed E-state index contributed by atoms with van der Waals surface area (Å²) in [6.45, 7) is 5.87. The fourth-order valence-corrected chi connectivity index (χ4v) is 4.20. The zero-order valence-corrected chi connectivity index (χ0v) is 15.5. The molecule has 1 saturated heterocycles. The van der Waals surface area contributed by atoms with E-state index >= 15 is 0 Å². The number of amides is 2. The fourth-order valence-electron chi connectivity index (χ4n) is 2.73. The van der Waals surface area contributed by atoms with Crippen molar-refractivity contribution >= 4 is 27.5 Å². The molecule has 0 aliphatic carbocycles. The van der Waals surface area contributed by atoms with E-state index in [0.29, 0.717) is 38.1 Å². The van der Waals surface area contributed by atoms with E-state index < -0.39 is 14.8 Å². The molecule has 2 heterocycles. The molecule has 2 amide bonds. The van der Waals surface area contributed by atoms with Crippen molar-refractivity contribution in [3.63, 3.8) is 0 Å². The standard InChI is InChI=1S/C15H26N4O4S/c1-15(2,3)24(22,23)19-9-7-11(8-10-19)16-14(21)12-5-6-13(20)18(4)17-12/h11H,5-10H2,1-4H3,(H,16,21). The number of nitrogens with zero attached hydrogens (tertiary/aromatic N) is 3. The van der Waals surface area contributed by atoms with Crippen LogP contribution in [0.15, 0.2) is 5.10 Å². The van der Waals surface area contributed by atoms with E-state index in [-0.39, 0.29) is 24.3 Å². The molecule has 136 valence electrons. The van der Waals surface area contributed by atoms with E-state index in [2.05, 4.69) is 10.4 Å². The topological polar surface area (TPSA) is 99.2 Å². The van der Waals surface area contributed by atoms with E-state index in [1.54, 1.807) is 20.8 Å². The predicted octanol–water partition coefficient (Wildman–Crippen LogP) is 0.303. The van der Waals surface area contributed by atoms with E-state index in [0.717, 1.165) is 0 Å². The molecule has 1 N–H and O–H groups in total. The summed E-state index contributed by atoms with van der Waals surface area (Å²) in [5.41, 5.74) is 0.349. The van der Waals surface area contributed by atoms with E-state index in [4.69, 9.17) is 0 Å². The van der Waals surface area contributed by atoms with E-state index in [1.807, 2.05) is 0 Å². The molecule has 1 fully saturated rings. The number of sulfonamides is 1. The van der Waals surface area contributed by atoms with Gasteiger partial charge in [0.25, 0.3) is 5.91 Å². The van der Waals surface area contributed by atoms with Crippen LogP contribution in [-0.4, -0.2) is 66.2 Å². The van der Waals surface area contributed by atoms with Crippen LogP contribution in [0.5, 0.6) is 0 Å². The molecule has 8 nitrogen and oxygen atoms in total. The summed E-state index contributed by atoms with van der Waals surface area (Å²) < 4.78 is 25.5. The Morgan fingerprint density at radius 3 is 2.29 bits per heavy atom. The molecule has 24 heavy (non-hydrogen) atoms. The number of carbonyl (C=O) groups excluding carboxylic acids is 2. The lowest BCUT2D eigenvalue weighted by atomic mass is 10.1. The van der Waals surface area contributed by atoms with Gasteiger partial charge < -0.3 is 5.32 Å². The van der Waals surface area contributed by atoms with Crippen LogP contribution in [0, 0.1) is 0 Å². The Kier molecular flexibility index (Phi) is 5.34. The van der Waals surface area contributed by atoms with Gasteiger partial charge in [0, 0.05) is 39.0 Å². The van der Waals surface area contributed by atoms with Crippen LogP contribution in [0.3, 0.4) is 0 Å². The number of rotatable bonds is 3. The molecule has 0 atom stereocenters. The Morgan fingerprint density at radius 2 is 1.79 bits per heavy atom. The maximum absolute atomic E-state index is 12.4. The van der Waals surface area contributed by atoms with Gasteiger partial charge in [-0.05, 0) is 33.6 Å². The lowest BCUT2D eigenvalue weighted by molar-refractivity contribution is -0.130. The molecular formula is C15H26N4O4S. The number of carbonyl (C=O) groups is 2. The average molecular weight is 358 g/mol. The highest BCUT2D eigenvalue weighted by Gasteiger charge is 2.37. The first kappa shape index (κ1) is 18.9. The van der Waals surface area contributed by atoms with Crippen molar-refractivity contribution in [2.45, 2.75) is 57.2 Å². The quantitative estimate of drug-likeness (QED) is 0.784. The van der Waals surface area contributed by atoms with Crippen LogP contribution in [0.4, 0.5) is 0 Å². The number of hydrazone groups is 1. The maximum atomic E-state index is 12.4. The number of hydrogen-bond donors (Lipinski definition) is 1. The number of nitrogens with one attached hydrogen (secondary N) is 1. The smallest absolute Gasteiger partial charge is 0.267 e. The first-order valence-electron chi connectivity index (χ1n) is 8.17. The lowest BCUT2D eigenvalue weighted by Crippen LogP contribution is -2.51. The summed E-state index contributed by atoms with van der Waals surface area (Å²) in [4.78, 5) is 23.6. The summed E-state index contributed by atoms with van der Waals surface area (Å²) in [5.74, 6) is -0.376. The third-order valence-corrected chi connectivity index (χ3v) is 6.97. The Bertz CT molecular complexity index is 643. The highest BCUT2D eigenvalue weighted by atomic mass is 32.2. The van der Waals surface area contributed by atoms with Crippen LogP contribution in [0.25, 0.3) is 0 Å². The average Bonchev–Trinajstić information content (AvgIpc) is 2.49. The summed E-state index contributed by atoms with van der Waals surface area (Å²) in [6, 6.07) is -0.0745. The fraction of sp³-hybridized carbons (Fsp3) is 0.800. The summed E-state index contributed by atoms with van der Waals surface area (Å²) >= 11 is 0. The van der Waals surface area contributed by atoms with Crippen molar-refractivity contribution in [3.8, 4) is 0 Å². The molecular weight excluding hydrogens is 332 g/mol. The van der Waals surface area contributed by atoms with Gasteiger partial charge in [0.2, 0.25) is 15.9 Å². The van der Waals surface area contributed by atoms with Gasteiger partial charge in [-0.15, -0.1) is 0 Å². The second kappa shape index (κ2) is 6.79. The van der Waals surface area contributed by atoms with Crippen LogP contribution in [0.1, 0.15) is 46.5 Å². The minimum atomic E-state index is -3.33. The van der Waals surface area contributed by atoms with Gasteiger partial charge in [-0.1, -0.05) is 0 Å². The summed E-state index contributed by atoms with van der Waals surface area (Å²) in [7, 11) is -1.80. The van der Waals surface area contributed by atoms with E-state index in [9.17, 15) is 18.0 Å². The first-order chi connectivity index (χ1) is 11.0. The molecule has 0 spiro atoms. The molecule has 0 aromatic heterocycles. The largest absolute Gasteiger partial charge is 0.348 e. The Balaban J connectivity index is 1.91. The van der Waals surface area contributed by atoms with Crippen molar-refractivity contribution < 1.29 is 18.0 Å². The highest BCUT2D eigenvalue weighted by Crippen LogP contribution is 2.24. The lowest BCUT2D eigenvalue weighted by Gasteiger charge is -2.35. The van der Waals surface area contributed by atoms with Crippen LogP contribution >= 0.6 is 0 Å². The molecule has 0 aromatic carbocycles. The van der Waals surface area contributed by atoms with Crippen molar-refractivity contribution in [1.29, 1.82) is 0 Å². The first-order valence-corrected chi connectivity index (χ1v) is 9.61. The molecule has 9 heteroatoms. The zero-order valence-electron chi connectivity index (χ0n) is 14.7. The van der Waals surface area contributed by atoms with Crippen molar-refractivity contribution in [1.82, 2.24) is 14.6 Å². The summed E-state index contributed by atoms with van der Waals surface area (Å²) in [5, 5.41) is 8.09. The van der Waals surface area contributed by atoms with Crippen LogP contribution in [-0.2, 0) is 19.6 Å². The van der Waals surface area contributed by atoms with Gasteiger partial charge in [0.05, 0.1) is 4.75 Å². The Labute approximate surface area is 143 Å². The minimum Gasteiger partial charge on any atom is -0.348 e. The van der Waals surface area contributed by atoms with Gasteiger partial charge in [-0.2, -0.15) is 5.10 Å². The van der Waals surface area contributed by atoms with Crippen LogP contribution in [0.2, 0.25) is 0 Å². The Hall–Kier alpha value is -1.48. The van der Waals surface area contributed by atoms with Gasteiger partial charge in [-0.25, -0.2) is 17.7 Å². The zero-order chi connectivity index (χ0) is 18.1. The number of hydrogen-bond acceptors (Lipinski definition) is 5. The second-order valence-corrected chi connectivity index (χ2v) is 9.92. The van der Waals surface area contributed by atoms with Crippen LogP contribution < -0.4 is 5.32 Å². The van der Waals surface area contributed by atoms with Gasteiger partial charge in [0.15, 0.2) is 0 Å². The monoisotopic (exact) mass is 358 g/mol. The third kappa shape index (κ3) is 3.94. The molecule has 0 radical (unpaired) electrons. The van der Waals surface area contributed by atoms with Crippen molar-refractivity contribution in [2.75, 3.05) is 20.1 Å². The van der Waals surface area contributed by atoms with Gasteiger partial charge in [-0.3, -0.25) is 9.59 Å². The second-order valence-electron chi connectivity index (χ2n) is 7.23. The number of piperidine rings is 1. The molecule has 0 aromatic rings. The molecule has 0 saturated carbocycles. The molecule has 2 aliphatic heterocycles. The normalized spacial score (nSPS) is 21.6. The minimum absolute atomic E-state index is 0.0745. The third-order valence-electron chi connectivity index (χ3n) is 4.37. The van der Waals surface area contributed by atoms with E-state index in [1.165, 1.54) is 16.4 Å². The molecule has 0 unspecified atom stereocenters.